The van der Waals surface area contributed by atoms with Crippen LogP contribution in [-0.4, -0.2) is 33.3 Å². The second kappa shape index (κ2) is 8.14. The lowest BCUT2D eigenvalue weighted by Crippen LogP contribution is -2.26. The smallest absolute Gasteiger partial charge is 0.240 e. The second-order valence-electron chi connectivity index (χ2n) is 4.15. The summed E-state index contributed by atoms with van der Waals surface area (Å²) in [5, 5.41) is 8.61. The fourth-order valence-electron chi connectivity index (χ4n) is 1.52. The van der Waals surface area contributed by atoms with Crippen molar-refractivity contribution in [3.8, 4) is 5.75 Å². The van der Waals surface area contributed by atoms with Crippen LogP contribution < -0.4 is 9.46 Å². The zero-order valence-corrected chi connectivity index (χ0v) is 11.9. The van der Waals surface area contributed by atoms with Crippen LogP contribution in [0.1, 0.15) is 26.2 Å². The Labute approximate surface area is 114 Å². The molecule has 0 saturated heterocycles. The molecule has 0 aliphatic carbocycles. The van der Waals surface area contributed by atoms with Crippen molar-refractivity contribution in [2.24, 2.45) is 0 Å². The van der Waals surface area contributed by atoms with Crippen LogP contribution in [0.15, 0.2) is 29.2 Å². The molecule has 0 spiro atoms. The molecule has 2 N–H and O–H groups in total. The van der Waals surface area contributed by atoms with E-state index in [4.69, 9.17) is 9.84 Å². The zero-order valence-electron chi connectivity index (χ0n) is 11.1. The number of benzene rings is 1. The van der Waals surface area contributed by atoms with E-state index in [1.54, 1.807) is 12.1 Å². The first-order chi connectivity index (χ1) is 9.10. The summed E-state index contributed by atoms with van der Waals surface area (Å²) in [6.45, 7) is 2.55. The third kappa shape index (κ3) is 5.59. The molecule has 0 aliphatic heterocycles. The van der Waals surface area contributed by atoms with E-state index in [-0.39, 0.29) is 18.0 Å². The molecule has 0 saturated carbocycles. The predicted octanol–water partition coefficient (Wildman–Crippen LogP) is 1.53. The summed E-state index contributed by atoms with van der Waals surface area (Å²) in [6, 6.07) is 6.27. The Hall–Kier alpha value is -1.11. The van der Waals surface area contributed by atoms with Gasteiger partial charge in [-0.05, 0) is 30.7 Å². The molecule has 19 heavy (non-hydrogen) atoms. The lowest BCUT2D eigenvalue weighted by atomic mass is 10.3. The van der Waals surface area contributed by atoms with E-state index < -0.39 is 10.0 Å². The quantitative estimate of drug-likeness (QED) is 0.675. The maximum absolute atomic E-state index is 11.7. The van der Waals surface area contributed by atoms with Gasteiger partial charge < -0.3 is 9.84 Å². The maximum Gasteiger partial charge on any atom is 0.240 e. The number of unbranched alkanes of at least 4 members (excludes halogenated alkanes) is 2. The van der Waals surface area contributed by atoms with Crippen molar-refractivity contribution in [1.29, 1.82) is 0 Å². The molecule has 0 bridgehead atoms. The van der Waals surface area contributed by atoms with Gasteiger partial charge in [-0.1, -0.05) is 19.8 Å². The van der Waals surface area contributed by atoms with Gasteiger partial charge in [-0.3, -0.25) is 0 Å². The standard InChI is InChI=1S/C13H21NO4S/c1-2-3-4-11-18-12-5-7-13(8-6-12)19(16,17)14-9-10-15/h5-8,14-15H,2-4,9-11H2,1H3. The number of ether oxygens (including phenoxy) is 1. The van der Waals surface area contributed by atoms with Crippen LogP contribution in [0.2, 0.25) is 0 Å². The van der Waals surface area contributed by atoms with Crippen molar-refractivity contribution in [2.75, 3.05) is 19.8 Å². The van der Waals surface area contributed by atoms with Gasteiger partial charge in [0.15, 0.2) is 0 Å². The Bertz CT molecular complexity index is 456. The highest BCUT2D eigenvalue weighted by molar-refractivity contribution is 7.89. The highest BCUT2D eigenvalue weighted by atomic mass is 32.2. The largest absolute Gasteiger partial charge is 0.494 e. The molecule has 1 aromatic carbocycles. The van der Waals surface area contributed by atoms with Crippen LogP contribution in [0.5, 0.6) is 5.75 Å². The maximum atomic E-state index is 11.7. The molecule has 1 rings (SSSR count). The summed E-state index contributed by atoms with van der Waals surface area (Å²) in [7, 11) is -3.53. The highest BCUT2D eigenvalue weighted by Gasteiger charge is 2.12. The SMILES string of the molecule is CCCCCOc1ccc(S(=O)(=O)NCCO)cc1. The predicted molar refractivity (Wildman–Crippen MR) is 73.7 cm³/mol. The summed E-state index contributed by atoms with van der Waals surface area (Å²) in [4.78, 5) is 0.168. The number of rotatable bonds is 9. The monoisotopic (exact) mass is 287 g/mol. The van der Waals surface area contributed by atoms with Gasteiger partial charge in [0.1, 0.15) is 5.75 Å². The van der Waals surface area contributed by atoms with E-state index in [2.05, 4.69) is 11.6 Å². The first-order valence-electron chi connectivity index (χ1n) is 6.43. The molecule has 0 amide bonds. The first kappa shape index (κ1) is 15.9. The van der Waals surface area contributed by atoms with Crippen LogP contribution in [-0.2, 0) is 10.0 Å². The van der Waals surface area contributed by atoms with E-state index in [9.17, 15) is 8.42 Å². The zero-order chi connectivity index (χ0) is 14.1. The molecular weight excluding hydrogens is 266 g/mol. The van der Waals surface area contributed by atoms with E-state index in [0.29, 0.717) is 12.4 Å². The Balaban J connectivity index is 2.56. The Morgan fingerprint density at radius 3 is 2.47 bits per heavy atom. The molecule has 108 valence electrons. The van der Waals surface area contributed by atoms with Gasteiger partial charge in [-0.25, -0.2) is 13.1 Å². The summed E-state index contributed by atoms with van der Waals surface area (Å²) in [5.41, 5.74) is 0. The van der Waals surface area contributed by atoms with Crippen molar-refractivity contribution in [3.05, 3.63) is 24.3 Å². The topological polar surface area (TPSA) is 75.6 Å². The lowest BCUT2D eigenvalue weighted by molar-refractivity contribution is 0.301. The Morgan fingerprint density at radius 2 is 1.89 bits per heavy atom. The number of hydrogen-bond donors (Lipinski definition) is 2. The summed E-state index contributed by atoms with van der Waals surface area (Å²) in [5.74, 6) is 0.664. The molecule has 1 aromatic rings. The van der Waals surface area contributed by atoms with E-state index >= 15 is 0 Å². The second-order valence-corrected chi connectivity index (χ2v) is 5.92. The minimum absolute atomic E-state index is 0.0115. The molecule has 0 aliphatic rings. The minimum Gasteiger partial charge on any atom is -0.494 e. The van der Waals surface area contributed by atoms with Crippen LogP contribution in [0.25, 0.3) is 0 Å². The molecule has 0 heterocycles. The molecule has 6 heteroatoms. The fourth-order valence-corrected chi connectivity index (χ4v) is 2.54. The number of nitrogens with one attached hydrogen (secondary N) is 1. The van der Waals surface area contributed by atoms with Crippen LogP contribution in [0.3, 0.4) is 0 Å². The summed E-state index contributed by atoms with van der Waals surface area (Å²) >= 11 is 0. The van der Waals surface area contributed by atoms with Crippen molar-refractivity contribution in [2.45, 2.75) is 31.1 Å². The summed E-state index contributed by atoms with van der Waals surface area (Å²) in [6.07, 6.45) is 3.25. The molecule has 0 atom stereocenters. The van der Waals surface area contributed by atoms with Crippen molar-refractivity contribution < 1.29 is 18.3 Å². The molecule has 5 nitrogen and oxygen atoms in total. The van der Waals surface area contributed by atoms with Crippen LogP contribution in [0.4, 0.5) is 0 Å². The lowest BCUT2D eigenvalue weighted by Gasteiger charge is -2.08. The number of aliphatic hydroxyl groups excluding tert-OH is 1. The van der Waals surface area contributed by atoms with E-state index in [1.807, 2.05) is 0 Å². The van der Waals surface area contributed by atoms with Gasteiger partial charge in [-0.15, -0.1) is 0 Å². The fraction of sp³-hybridized carbons (Fsp3) is 0.538. The molecule has 0 aromatic heterocycles. The molecule has 0 fully saturated rings. The first-order valence-corrected chi connectivity index (χ1v) is 7.92. The van der Waals surface area contributed by atoms with E-state index in [0.717, 1.165) is 19.3 Å². The van der Waals surface area contributed by atoms with E-state index in [1.165, 1.54) is 12.1 Å². The Kier molecular flexibility index (Phi) is 6.83. The molecule has 0 radical (unpaired) electrons. The average Bonchev–Trinajstić information content (AvgIpc) is 2.42. The van der Waals surface area contributed by atoms with Crippen molar-refractivity contribution in [3.63, 3.8) is 0 Å². The van der Waals surface area contributed by atoms with Gasteiger partial charge in [0.2, 0.25) is 10.0 Å². The average molecular weight is 287 g/mol. The number of sulfonamides is 1. The molecule has 0 unspecified atom stereocenters. The highest BCUT2D eigenvalue weighted by Crippen LogP contribution is 2.16. The Morgan fingerprint density at radius 1 is 1.21 bits per heavy atom. The molecular formula is C13H21NO4S. The van der Waals surface area contributed by atoms with Crippen LogP contribution >= 0.6 is 0 Å². The number of hydrogen-bond acceptors (Lipinski definition) is 4. The van der Waals surface area contributed by atoms with Gasteiger partial charge in [0, 0.05) is 6.54 Å². The third-order valence-corrected chi connectivity index (χ3v) is 4.03. The van der Waals surface area contributed by atoms with Gasteiger partial charge in [-0.2, -0.15) is 0 Å². The van der Waals surface area contributed by atoms with Crippen molar-refractivity contribution in [1.82, 2.24) is 4.72 Å². The van der Waals surface area contributed by atoms with Gasteiger partial charge in [0.25, 0.3) is 0 Å². The minimum atomic E-state index is -3.53. The third-order valence-electron chi connectivity index (χ3n) is 2.55. The summed E-state index contributed by atoms with van der Waals surface area (Å²) < 4.78 is 31.3. The van der Waals surface area contributed by atoms with Crippen LogP contribution in [0, 0.1) is 0 Å². The number of aliphatic hydroxyl groups is 1. The van der Waals surface area contributed by atoms with Gasteiger partial charge >= 0.3 is 0 Å². The normalized spacial score (nSPS) is 11.5. The van der Waals surface area contributed by atoms with Gasteiger partial charge in [0.05, 0.1) is 18.1 Å². The van der Waals surface area contributed by atoms with Crippen molar-refractivity contribution >= 4 is 10.0 Å².